The number of carbonyl (C=O) groups is 1. The van der Waals surface area contributed by atoms with Crippen molar-refractivity contribution in [1.82, 2.24) is 9.80 Å². The monoisotopic (exact) mass is 696 g/mol. The highest BCUT2D eigenvalue weighted by Gasteiger charge is 2.36. The maximum absolute atomic E-state index is 15.2. The van der Waals surface area contributed by atoms with Gasteiger partial charge in [-0.1, -0.05) is 47.5 Å². The van der Waals surface area contributed by atoms with Crippen molar-refractivity contribution in [2.75, 3.05) is 39.3 Å². The topological polar surface area (TPSA) is 64.0 Å². The summed E-state index contributed by atoms with van der Waals surface area (Å²) in [5, 5.41) is 21.9. The molecule has 0 spiro atoms. The lowest BCUT2D eigenvalue weighted by atomic mass is 9.82. The van der Waals surface area contributed by atoms with E-state index >= 15 is 4.79 Å². The average Bonchev–Trinajstić information content (AvgIpc) is 3.63. The van der Waals surface area contributed by atoms with Gasteiger partial charge < -0.3 is 20.0 Å². The summed E-state index contributed by atoms with van der Waals surface area (Å²) in [5.41, 5.74) is 4.38. The van der Waals surface area contributed by atoms with Gasteiger partial charge in [0, 0.05) is 68.8 Å². The van der Waals surface area contributed by atoms with Crippen LogP contribution in [0.3, 0.4) is 0 Å². The molecule has 2 aliphatic heterocycles. The fourth-order valence-corrected chi connectivity index (χ4v) is 9.27. The van der Waals surface area contributed by atoms with Gasteiger partial charge in [0.25, 0.3) is 0 Å². The number of hydrogen-bond acceptors (Lipinski definition) is 7. The molecule has 2 fully saturated rings. The smallest absolute Gasteiger partial charge is 0.150 e. The molecule has 5 nitrogen and oxygen atoms in total. The normalized spacial score (nSPS) is 18.6. The van der Waals surface area contributed by atoms with E-state index < -0.39 is 0 Å². The Balaban J connectivity index is 1.39. The van der Waals surface area contributed by atoms with Gasteiger partial charge in [-0.05, 0) is 98.2 Å². The summed E-state index contributed by atoms with van der Waals surface area (Å²) in [6.07, 6.45) is 2.37. The number of likely N-dealkylation sites (tertiary alicyclic amines) is 2. The van der Waals surface area contributed by atoms with Gasteiger partial charge in [0.2, 0.25) is 0 Å². The first-order chi connectivity index (χ1) is 22.1. The summed E-state index contributed by atoms with van der Waals surface area (Å²) >= 11 is 15.9. The van der Waals surface area contributed by atoms with Crippen LogP contribution >= 0.6 is 45.9 Å². The zero-order valence-corrected chi connectivity index (χ0v) is 29.6. The van der Waals surface area contributed by atoms with Crippen molar-refractivity contribution in [2.45, 2.75) is 63.6 Å². The first kappa shape index (κ1) is 33.8. The zero-order chi connectivity index (χ0) is 32.4. The number of aliphatic hydroxyl groups excluding tert-OH is 2. The number of benzene rings is 2. The number of nitrogens with zero attached hydrogens (tertiary/aromatic N) is 2. The lowest BCUT2D eigenvalue weighted by Crippen LogP contribution is -2.43. The van der Waals surface area contributed by atoms with Crippen LogP contribution in [0.4, 0.5) is 0 Å². The molecule has 4 heterocycles. The molecule has 4 aromatic rings. The maximum atomic E-state index is 15.2. The number of halogens is 2. The number of thiophene rings is 2. The van der Waals surface area contributed by atoms with Gasteiger partial charge in [0.05, 0.1) is 24.0 Å². The second-order valence-corrected chi connectivity index (χ2v) is 16.2. The minimum atomic E-state index is -0.314. The number of aliphatic hydroxyl groups is 2. The molecule has 2 unspecified atom stereocenters. The zero-order valence-electron chi connectivity index (χ0n) is 26.4. The summed E-state index contributed by atoms with van der Waals surface area (Å²) in [5.74, 6) is -0.387. The number of piperidine rings is 2. The fraction of sp³-hybridized carbons (Fsp3) is 0.432. The van der Waals surface area contributed by atoms with Crippen LogP contribution < -0.4 is 0 Å². The van der Waals surface area contributed by atoms with Crippen LogP contribution in [0.25, 0.3) is 20.9 Å². The predicted octanol–water partition coefficient (Wildman–Crippen LogP) is 8.42. The van der Waals surface area contributed by atoms with Gasteiger partial charge in [-0.15, -0.1) is 22.7 Å². The van der Waals surface area contributed by atoms with Crippen molar-refractivity contribution in [1.29, 1.82) is 0 Å². The largest absolute Gasteiger partial charge is 0.393 e. The molecular formula is C37H42Cl2N2O3S2. The molecule has 0 saturated carbocycles. The van der Waals surface area contributed by atoms with E-state index in [9.17, 15) is 10.2 Å². The van der Waals surface area contributed by atoms with Crippen molar-refractivity contribution in [3.63, 3.8) is 0 Å². The van der Waals surface area contributed by atoms with Crippen LogP contribution in [0.1, 0.15) is 58.4 Å². The number of Topliss-reactive ketones (excluding diaryl/α,β-unsaturated/α-hetero) is 1. The summed E-state index contributed by atoms with van der Waals surface area (Å²) in [4.78, 5) is 24.5. The summed E-state index contributed by atoms with van der Waals surface area (Å²) < 4.78 is 0. The van der Waals surface area contributed by atoms with E-state index in [1.807, 2.05) is 48.5 Å². The van der Waals surface area contributed by atoms with E-state index in [2.05, 4.69) is 35.8 Å². The summed E-state index contributed by atoms with van der Waals surface area (Å²) in [6.45, 7) is 8.66. The van der Waals surface area contributed by atoms with Crippen LogP contribution in [0.15, 0.2) is 60.7 Å². The second-order valence-electron chi connectivity index (χ2n) is 12.8. The molecule has 2 N–H and O–H groups in total. The summed E-state index contributed by atoms with van der Waals surface area (Å²) in [6, 6.07) is 20.3. The molecule has 0 radical (unpaired) electrons. The van der Waals surface area contributed by atoms with Crippen LogP contribution in [0.2, 0.25) is 10.0 Å². The Bertz CT molecular complexity index is 1500. The first-order valence-corrected chi connectivity index (χ1v) is 18.6. The number of ketones is 1. The lowest BCUT2D eigenvalue weighted by Gasteiger charge is -2.35. The molecule has 46 heavy (non-hydrogen) atoms. The third-order valence-corrected chi connectivity index (χ3v) is 12.3. The predicted molar refractivity (Wildman–Crippen MR) is 193 cm³/mol. The van der Waals surface area contributed by atoms with Gasteiger partial charge in [-0.2, -0.15) is 0 Å². The Morgan fingerprint density at radius 1 is 0.696 bits per heavy atom. The highest BCUT2D eigenvalue weighted by atomic mass is 35.5. The van der Waals surface area contributed by atoms with E-state index in [4.69, 9.17) is 23.2 Å². The maximum Gasteiger partial charge on any atom is 0.150 e. The van der Waals surface area contributed by atoms with Crippen molar-refractivity contribution in [2.24, 2.45) is 0 Å². The Hall–Kier alpha value is -2.07. The van der Waals surface area contributed by atoms with Gasteiger partial charge in [0.1, 0.15) is 5.78 Å². The third-order valence-electron chi connectivity index (χ3n) is 9.60. The fourth-order valence-electron chi connectivity index (χ4n) is 6.84. The molecule has 2 aromatic heterocycles. The molecule has 9 heteroatoms. The van der Waals surface area contributed by atoms with Gasteiger partial charge in [-0.3, -0.25) is 4.79 Å². The molecule has 2 aromatic carbocycles. The van der Waals surface area contributed by atoms with Crippen LogP contribution in [0.5, 0.6) is 0 Å². The van der Waals surface area contributed by atoms with Crippen LogP contribution in [-0.2, 0) is 4.79 Å². The number of hydrogen-bond donors (Lipinski definition) is 2. The van der Waals surface area contributed by atoms with E-state index in [-0.39, 0.29) is 29.8 Å². The Morgan fingerprint density at radius 3 is 1.39 bits per heavy atom. The average molecular weight is 698 g/mol. The molecule has 2 aliphatic rings. The molecule has 2 saturated heterocycles. The van der Waals surface area contributed by atoms with Crippen LogP contribution in [-0.4, -0.2) is 77.3 Å². The third kappa shape index (κ3) is 7.96. The Morgan fingerprint density at radius 2 is 1.04 bits per heavy atom. The second kappa shape index (κ2) is 15.0. The van der Waals surface area contributed by atoms with E-state index in [0.717, 1.165) is 93.6 Å². The molecular weight excluding hydrogens is 655 g/mol. The van der Waals surface area contributed by atoms with Crippen molar-refractivity contribution in [3.8, 4) is 20.9 Å². The standard InChI is InChI=1S/C37H42Cl2N2O3S2/c1-23-31(19-35(45-23)25-3-7-27(38)8-4-25)33(21-40-15-11-29(42)12-16-40)37(44)34(22-41-17-13-30(43)14-18-41)32-20-36(46-24(32)2)26-5-9-28(39)10-6-26/h3-10,19-20,29-30,33-34,42-43H,11-18,21-22H2,1-2H3. The molecule has 0 aliphatic carbocycles. The van der Waals surface area contributed by atoms with E-state index in [0.29, 0.717) is 23.1 Å². The van der Waals surface area contributed by atoms with E-state index in [1.165, 1.54) is 0 Å². The van der Waals surface area contributed by atoms with E-state index in [1.54, 1.807) is 22.7 Å². The molecule has 6 rings (SSSR count). The molecule has 0 bridgehead atoms. The molecule has 244 valence electrons. The lowest BCUT2D eigenvalue weighted by molar-refractivity contribution is -0.123. The number of rotatable bonds is 10. The minimum Gasteiger partial charge on any atom is -0.393 e. The minimum absolute atomic E-state index is 0.240. The van der Waals surface area contributed by atoms with Crippen molar-refractivity contribution in [3.05, 3.63) is 91.6 Å². The van der Waals surface area contributed by atoms with Gasteiger partial charge in [0.15, 0.2) is 0 Å². The highest BCUT2D eigenvalue weighted by molar-refractivity contribution is 7.16. The van der Waals surface area contributed by atoms with Gasteiger partial charge in [-0.25, -0.2) is 0 Å². The number of carbonyl (C=O) groups excluding carboxylic acids is 1. The van der Waals surface area contributed by atoms with Crippen LogP contribution in [0, 0.1) is 13.8 Å². The first-order valence-electron chi connectivity index (χ1n) is 16.2. The molecule has 0 amide bonds. The Labute approximate surface area is 290 Å². The summed E-state index contributed by atoms with van der Waals surface area (Å²) in [7, 11) is 0. The Kier molecular flexibility index (Phi) is 11.0. The SMILES string of the molecule is Cc1sc(-c2ccc(Cl)cc2)cc1C(CN1CCC(O)CC1)C(=O)C(CN1CCC(O)CC1)c1cc(-c2ccc(Cl)cc2)sc1C. The highest BCUT2D eigenvalue weighted by Crippen LogP contribution is 2.41. The van der Waals surface area contributed by atoms with Gasteiger partial charge >= 0.3 is 0 Å². The quantitative estimate of drug-likeness (QED) is 0.174. The van der Waals surface area contributed by atoms with Crippen molar-refractivity contribution < 1.29 is 15.0 Å². The number of aryl methyl sites for hydroxylation is 2. The van der Waals surface area contributed by atoms with Crippen molar-refractivity contribution >= 4 is 51.7 Å². The molecule has 2 atom stereocenters.